The van der Waals surface area contributed by atoms with E-state index in [1.807, 2.05) is 20.8 Å². The van der Waals surface area contributed by atoms with Crippen LogP contribution in [0.2, 0.25) is 0 Å². The van der Waals surface area contributed by atoms with Crippen LogP contribution in [0.1, 0.15) is 112 Å². The Labute approximate surface area is 177 Å². The fourth-order valence-electron chi connectivity index (χ4n) is 3.05. The highest BCUT2D eigenvalue weighted by molar-refractivity contribution is 5.73. The van der Waals surface area contributed by atoms with E-state index in [2.05, 4.69) is 13.8 Å². The van der Waals surface area contributed by atoms with E-state index in [-0.39, 0.29) is 18.8 Å². The first kappa shape index (κ1) is 27.4. The first-order chi connectivity index (χ1) is 13.6. The van der Waals surface area contributed by atoms with Crippen LogP contribution in [-0.2, 0) is 28.6 Å². The highest BCUT2D eigenvalue weighted by Gasteiger charge is 2.25. The number of carbonyl (C=O) groups excluding carboxylic acids is 3. The summed E-state index contributed by atoms with van der Waals surface area (Å²) in [6, 6.07) is 0. The van der Waals surface area contributed by atoms with E-state index in [4.69, 9.17) is 14.2 Å². The van der Waals surface area contributed by atoms with Crippen molar-refractivity contribution in [3.63, 3.8) is 0 Å². The molecule has 6 heteroatoms. The molecule has 6 nitrogen and oxygen atoms in total. The first-order valence-corrected chi connectivity index (χ1v) is 11.2. The summed E-state index contributed by atoms with van der Waals surface area (Å²) >= 11 is 0. The summed E-state index contributed by atoms with van der Waals surface area (Å²) < 4.78 is 16.3. The predicted octanol–water partition coefficient (Wildman–Crippen LogP) is 5.50. The summed E-state index contributed by atoms with van der Waals surface area (Å²) in [6.45, 7) is 11.0. The average molecular weight is 415 g/mol. The Balaban J connectivity index is 4.80. The third-order valence-corrected chi connectivity index (χ3v) is 4.35. The van der Waals surface area contributed by atoms with Gasteiger partial charge in [-0.3, -0.25) is 14.4 Å². The molecule has 0 spiro atoms. The molecule has 0 aromatic carbocycles. The standard InChI is InChI=1S/C23H42O6/c1-7-9-11-13-15-20(17-22(26)29-23(4,5)6)28-21(25)16-19(27-18(3)24)14-12-10-8-2/h19-20H,7-17H2,1-6H3/t19-,20-/m1/s1. The van der Waals surface area contributed by atoms with Crippen LogP contribution in [0.25, 0.3) is 0 Å². The summed E-state index contributed by atoms with van der Waals surface area (Å²) in [6.07, 6.45) is 7.43. The van der Waals surface area contributed by atoms with Gasteiger partial charge in [-0.2, -0.15) is 0 Å². The van der Waals surface area contributed by atoms with Crippen molar-refractivity contribution in [3.8, 4) is 0 Å². The van der Waals surface area contributed by atoms with Crippen molar-refractivity contribution >= 4 is 17.9 Å². The summed E-state index contributed by atoms with van der Waals surface area (Å²) in [5, 5.41) is 0. The van der Waals surface area contributed by atoms with Crippen molar-refractivity contribution in [3.05, 3.63) is 0 Å². The highest BCUT2D eigenvalue weighted by atomic mass is 16.6. The fraction of sp³-hybridized carbons (Fsp3) is 0.870. The number of unbranched alkanes of at least 4 members (excludes halogenated alkanes) is 5. The predicted molar refractivity (Wildman–Crippen MR) is 113 cm³/mol. The monoisotopic (exact) mass is 414 g/mol. The lowest BCUT2D eigenvalue weighted by atomic mass is 10.1. The van der Waals surface area contributed by atoms with Crippen molar-refractivity contribution in [2.45, 2.75) is 130 Å². The maximum Gasteiger partial charge on any atom is 0.310 e. The van der Waals surface area contributed by atoms with Gasteiger partial charge in [0.25, 0.3) is 0 Å². The zero-order valence-corrected chi connectivity index (χ0v) is 19.4. The molecule has 0 saturated carbocycles. The van der Waals surface area contributed by atoms with Crippen LogP contribution < -0.4 is 0 Å². The molecule has 0 aliphatic carbocycles. The molecule has 0 amide bonds. The van der Waals surface area contributed by atoms with Crippen LogP contribution in [-0.4, -0.2) is 35.7 Å². The van der Waals surface area contributed by atoms with E-state index < -0.39 is 29.7 Å². The van der Waals surface area contributed by atoms with E-state index in [9.17, 15) is 14.4 Å². The summed E-state index contributed by atoms with van der Waals surface area (Å²) in [4.78, 5) is 36.0. The molecule has 29 heavy (non-hydrogen) atoms. The highest BCUT2D eigenvalue weighted by Crippen LogP contribution is 2.18. The summed E-state index contributed by atoms with van der Waals surface area (Å²) in [5.41, 5.74) is -0.576. The third-order valence-electron chi connectivity index (χ3n) is 4.35. The van der Waals surface area contributed by atoms with Gasteiger partial charge < -0.3 is 14.2 Å². The Bertz CT molecular complexity index is 480. The van der Waals surface area contributed by atoms with Crippen molar-refractivity contribution in [2.75, 3.05) is 0 Å². The molecular formula is C23H42O6. The molecule has 0 aliphatic heterocycles. The smallest absolute Gasteiger partial charge is 0.310 e. The zero-order valence-electron chi connectivity index (χ0n) is 19.4. The van der Waals surface area contributed by atoms with Gasteiger partial charge in [-0.1, -0.05) is 46.0 Å². The number of ether oxygens (including phenoxy) is 3. The maximum absolute atomic E-state index is 12.5. The van der Waals surface area contributed by atoms with Gasteiger partial charge in [-0.15, -0.1) is 0 Å². The van der Waals surface area contributed by atoms with Crippen LogP contribution >= 0.6 is 0 Å². The Hall–Kier alpha value is -1.59. The molecule has 0 N–H and O–H groups in total. The molecule has 0 fully saturated rings. The first-order valence-electron chi connectivity index (χ1n) is 11.2. The molecule has 0 saturated heterocycles. The molecule has 0 aromatic heterocycles. The second-order valence-electron chi connectivity index (χ2n) is 8.68. The second kappa shape index (κ2) is 15.3. The second-order valence-corrected chi connectivity index (χ2v) is 8.68. The lowest BCUT2D eigenvalue weighted by Crippen LogP contribution is -2.30. The van der Waals surface area contributed by atoms with Gasteiger partial charge in [-0.05, 0) is 46.5 Å². The number of rotatable bonds is 15. The van der Waals surface area contributed by atoms with Crippen molar-refractivity contribution in [1.29, 1.82) is 0 Å². The van der Waals surface area contributed by atoms with Crippen LogP contribution in [0.5, 0.6) is 0 Å². The molecule has 0 aliphatic rings. The van der Waals surface area contributed by atoms with E-state index in [1.54, 1.807) is 0 Å². The molecule has 0 aromatic rings. The quantitative estimate of drug-likeness (QED) is 0.200. The normalized spacial score (nSPS) is 13.4. The molecular weight excluding hydrogens is 372 g/mol. The molecule has 170 valence electrons. The average Bonchev–Trinajstić information content (AvgIpc) is 2.56. The van der Waals surface area contributed by atoms with Gasteiger partial charge in [-0.25, -0.2) is 0 Å². The molecule has 0 unspecified atom stereocenters. The third kappa shape index (κ3) is 17.0. The maximum atomic E-state index is 12.5. The lowest BCUT2D eigenvalue weighted by Gasteiger charge is -2.23. The number of esters is 3. The summed E-state index contributed by atoms with van der Waals surface area (Å²) in [7, 11) is 0. The molecule has 0 radical (unpaired) electrons. The van der Waals surface area contributed by atoms with E-state index in [0.29, 0.717) is 12.8 Å². The Morgan fingerprint density at radius 1 is 0.724 bits per heavy atom. The molecule has 0 bridgehead atoms. The minimum Gasteiger partial charge on any atom is -0.462 e. The Morgan fingerprint density at radius 2 is 1.21 bits per heavy atom. The van der Waals surface area contributed by atoms with E-state index in [1.165, 1.54) is 6.92 Å². The fourth-order valence-corrected chi connectivity index (χ4v) is 3.05. The van der Waals surface area contributed by atoms with Gasteiger partial charge >= 0.3 is 17.9 Å². The van der Waals surface area contributed by atoms with Crippen molar-refractivity contribution in [1.82, 2.24) is 0 Å². The Kier molecular flexibility index (Phi) is 14.4. The van der Waals surface area contributed by atoms with Gasteiger partial charge in [0, 0.05) is 6.92 Å². The van der Waals surface area contributed by atoms with Crippen LogP contribution in [0.3, 0.4) is 0 Å². The lowest BCUT2D eigenvalue weighted by molar-refractivity contribution is -0.163. The number of hydrogen-bond acceptors (Lipinski definition) is 6. The van der Waals surface area contributed by atoms with Gasteiger partial charge in [0.15, 0.2) is 0 Å². The molecule has 0 heterocycles. The number of hydrogen-bond donors (Lipinski definition) is 0. The van der Waals surface area contributed by atoms with Crippen LogP contribution in [0.15, 0.2) is 0 Å². The van der Waals surface area contributed by atoms with E-state index in [0.717, 1.165) is 44.9 Å². The molecule has 2 atom stereocenters. The van der Waals surface area contributed by atoms with Crippen LogP contribution in [0, 0.1) is 0 Å². The van der Waals surface area contributed by atoms with Gasteiger partial charge in [0.1, 0.15) is 17.8 Å². The molecule has 0 rings (SSSR count). The van der Waals surface area contributed by atoms with Gasteiger partial charge in [0.2, 0.25) is 0 Å². The Morgan fingerprint density at radius 3 is 1.72 bits per heavy atom. The van der Waals surface area contributed by atoms with Gasteiger partial charge in [0.05, 0.1) is 12.8 Å². The van der Waals surface area contributed by atoms with Crippen molar-refractivity contribution in [2.24, 2.45) is 0 Å². The SMILES string of the molecule is CCCCCC[C@H](CC(=O)OC(C)(C)C)OC(=O)C[C@@H](CCCCC)OC(C)=O. The zero-order chi connectivity index (χ0) is 22.3. The topological polar surface area (TPSA) is 78.9 Å². The largest absolute Gasteiger partial charge is 0.462 e. The van der Waals surface area contributed by atoms with Crippen molar-refractivity contribution < 1.29 is 28.6 Å². The minimum absolute atomic E-state index is 0.0169. The summed E-state index contributed by atoms with van der Waals surface area (Å²) in [5.74, 6) is -1.20. The van der Waals surface area contributed by atoms with E-state index >= 15 is 0 Å². The number of carbonyl (C=O) groups is 3. The van der Waals surface area contributed by atoms with Crippen LogP contribution in [0.4, 0.5) is 0 Å². The minimum atomic E-state index is -0.576.